The van der Waals surface area contributed by atoms with E-state index in [9.17, 15) is 13.2 Å². The van der Waals surface area contributed by atoms with E-state index >= 15 is 0 Å². The number of halogens is 3. The van der Waals surface area contributed by atoms with Crippen molar-refractivity contribution in [3.05, 3.63) is 35.4 Å². The van der Waals surface area contributed by atoms with Crippen molar-refractivity contribution < 1.29 is 13.2 Å². The minimum atomic E-state index is -4.31. The molecule has 0 amide bonds. The molecule has 0 radical (unpaired) electrons. The van der Waals surface area contributed by atoms with Gasteiger partial charge in [0.2, 0.25) is 0 Å². The largest absolute Gasteiger partial charge is 0.416 e. The maximum Gasteiger partial charge on any atom is 0.416 e. The molecule has 0 bridgehead atoms. The van der Waals surface area contributed by atoms with Gasteiger partial charge in [-0.25, -0.2) is 0 Å². The van der Waals surface area contributed by atoms with Gasteiger partial charge >= 0.3 is 6.18 Å². The molecule has 0 fully saturated rings. The fourth-order valence-electron chi connectivity index (χ4n) is 2.15. The highest BCUT2D eigenvalue weighted by Crippen LogP contribution is 2.31. The summed E-state index contributed by atoms with van der Waals surface area (Å²) in [6.07, 6.45) is -3.00. The lowest BCUT2D eigenvalue weighted by Crippen LogP contribution is -2.39. The van der Waals surface area contributed by atoms with Crippen LogP contribution in [-0.4, -0.2) is 6.04 Å². The minimum Gasteiger partial charge on any atom is -0.271 e. The first-order valence-electron chi connectivity index (χ1n) is 7.16. The van der Waals surface area contributed by atoms with Crippen molar-refractivity contribution in [1.29, 1.82) is 0 Å². The van der Waals surface area contributed by atoms with Crippen molar-refractivity contribution in [3.63, 3.8) is 0 Å². The average Bonchev–Trinajstić information content (AvgIpc) is 2.36. The molecule has 1 aromatic rings. The minimum absolute atomic E-state index is 0.0392. The number of nitrogens with two attached hydrogens (primary N) is 1. The van der Waals surface area contributed by atoms with E-state index in [0.29, 0.717) is 17.9 Å². The summed E-state index contributed by atoms with van der Waals surface area (Å²) < 4.78 is 38.1. The molecule has 2 atom stereocenters. The Morgan fingerprint density at radius 1 is 1.19 bits per heavy atom. The first-order valence-corrected chi connectivity index (χ1v) is 7.16. The molecule has 2 nitrogen and oxygen atoms in total. The summed E-state index contributed by atoms with van der Waals surface area (Å²) in [4.78, 5) is 0. The topological polar surface area (TPSA) is 38.0 Å². The van der Waals surface area contributed by atoms with Crippen molar-refractivity contribution >= 4 is 0 Å². The molecular weight excluding hydrogens is 277 g/mol. The Hall–Kier alpha value is -1.07. The van der Waals surface area contributed by atoms with Gasteiger partial charge in [-0.3, -0.25) is 11.3 Å². The van der Waals surface area contributed by atoms with Gasteiger partial charge in [-0.2, -0.15) is 13.2 Å². The van der Waals surface area contributed by atoms with Gasteiger partial charge in [-0.15, -0.1) is 0 Å². The molecule has 120 valence electrons. The van der Waals surface area contributed by atoms with Crippen LogP contribution in [0.5, 0.6) is 0 Å². The van der Waals surface area contributed by atoms with E-state index in [2.05, 4.69) is 33.1 Å². The smallest absolute Gasteiger partial charge is 0.271 e. The van der Waals surface area contributed by atoms with Crippen LogP contribution in [0.1, 0.15) is 45.2 Å². The summed E-state index contributed by atoms with van der Waals surface area (Å²) >= 11 is 0. The van der Waals surface area contributed by atoms with Crippen LogP contribution in [-0.2, 0) is 12.6 Å². The van der Waals surface area contributed by atoms with Gasteiger partial charge in [0.15, 0.2) is 0 Å². The van der Waals surface area contributed by atoms with Crippen molar-refractivity contribution in [2.75, 3.05) is 0 Å². The summed E-state index contributed by atoms with van der Waals surface area (Å²) in [5.74, 6) is 5.97. The normalized spacial score (nSPS) is 15.8. The summed E-state index contributed by atoms with van der Waals surface area (Å²) in [6.45, 7) is 8.58. The van der Waals surface area contributed by atoms with Crippen LogP contribution in [0.2, 0.25) is 0 Å². The molecule has 0 aliphatic rings. The number of rotatable bonds is 5. The van der Waals surface area contributed by atoms with Crippen molar-refractivity contribution in [3.8, 4) is 0 Å². The first kappa shape index (κ1) is 18.0. The van der Waals surface area contributed by atoms with Gasteiger partial charge in [0.25, 0.3) is 0 Å². The molecule has 1 aromatic carbocycles. The maximum absolute atomic E-state index is 12.7. The highest BCUT2D eigenvalue weighted by Gasteiger charge is 2.30. The lowest BCUT2D eigenvalue weighted by molar-refractivity contribution is -0.137. The average molecular weight is 302 g/mol. The van der Waals surface area contributed by atoms with Crippen LogP contribution in [0.3, 0.4) is 0 Å². The molecule has 0 saturated carbocycles. The Morgan fingerprint density at radius 2 is 1.81 bits per heavy atom. The molecule has 3 N–H and O–H groups in total. The van der Waals surface area contributed by atoms with Crippen LogP contribution in [0.4, 0.5) is 13.2 Å². The lowest BCUT2D eigenvalue weighted by Gasteiger charge is -2.30. The second-order valence-electron chi connectivity index (χ2n) is 6.77. The molecule has 0 aliphatic carbocycles. The molecule has 0 spiro atoms. The third-order valence-electron chi connectivity index (χ3n) is 4.09. The number of hydrazine groups is 1. The summed E-state index contributed by atoms with van der Waals surface area (Å²) in [6, 6.07) is 5.40. The Morgan fingerprint density at radius 3 is 2.29 bits per heavy atom. The van der Waals surface area contributed by atoms with Crippen molar-refractivity contribution in [1.82, 2.24) is 5.43 Å². The molecule has 0 aliphatic heterocycles. The fraction of sp³-hybridized carbons (Fsp3) is 0.625. The SMILES string of the molecule is CC(CC(Cc1cccc(C(F)(F)F)c1)NN)C(C)(C)C. The summed E-state index contributed by atoms with van der Waals surface area (Å²) in [5, 5.41) is 0. The van der Waals surface area contributed by atoms with E-state index in [-0.39, 0.29) is 11.5 Å². The highest BCUT2D eigenvalue weighted by molar-refractivity contribution is 5.26. The molecule has 1 rings (SSSR count). The molecule has 0 saturated heterocycles. The van der Waals surface area contributed by atoms with Gasteiger partial charge in [0.1, 0.15) is 0 Å². The molecule has 2 unspecified atom stereocenters. The summed E-state index contributed by atoms with van der Waals surface area (Å²) in [5.41, 5.74) is 2.91. The number of benzene rings is 1. The molecule has 5 heteroatoms. The number of hydrogen-bond acceptors (Lipinski definition) is 2. The standard InChI is InChI=1S/C16H25F3N2/c1-11(15(2,3)4)8-14(21-20)10-12-6-5-7-13(9-12)16(17,18)19/h5-7,9,11,14,21H,8,10,20H2,1-4H3. The van der Waals surface area contributed by atoms with E-state index < -0.39 is 11.7 Å². The zero-order valence-electron chi connectivity index (χ0n) is 13.1. The van der Waals surface area contributed by atoms with E-state index in [1.807, 2.05) is 0 Å². The van der Waals surface area contributed by atoms with E-state index in [1.54, 1.807) is 6.07 Å². The van der Waals surface area contributed by atoms with Crippen LogP contribution < -0.4 is 11.3 Å². The Labute approximate surface area is 124 Å². The lowest BCUT2D eigenvalue weighted by atomic mass is 9.78. The first-order chi connectivity index (χ1) is 9.54. The highest BCUT2D eigenvalue weighted by atomic mass is 19.4. The van der Waals surface area contributed by atoms with Crippen molar-refractivity contribution in [2.45, 2.75) is 52.8 Å². The molecule has 0 aromatic heterocycles. The molecule has 21 heavy (non-hydrogen) atoms. The van der Waals surface area contributed by atoms with Gasteiger partial charge < -0.3 is 0 Å². The van der Waals surface area contributed by atoms with Gasteiger partial charge in [-0.05, 0) is 35.8 Å². The second-order valence-corrected chi connectivity index (χ2v) is 6.77. The quantitative estimate of drug-likeness (QED) is 0.633. The van der Waals surface area contributed by atoms with E-state index in [1.165, 1.54) is 12.1 Å². The van der Waals surface area contributed by atoms with E-state index in [0.717, 1.165) is 12.5 Å². The van der Waals surface area contributed by atoms with Gasteiger partial charge in [-0.1, -0.05) is 45.9 Å². The third kappa shape index (κ3) is 5.67. The van der Waals surface area contributed by atoms with Crippen LogP contribution >= 0.6 is 0 Å². The number of hydrogen-bond donors (Lipinski definition) is 2. The van der Waals surface area contributed by atoms with Gasteiger partial charge in [0.05, 0.1) is 5.56 Å². The number of nitrogens with one attached hydrogen (secondary N) is 1. The monoisotopic (exact) mass is 302 g/mol. The maximum atomic E-state index is 12.7. The van der Waals surface area contributed by atoms with Crippen LogP contribution in [0, 0.1) is 11.3 Å². The molecular formula is C16H25F3N2. The molecule has 0 heterocycles. The van der Waals surface area contributed by atoms with Gasteiger partial charge in [0, 0.05) is 6.04 Å². The Bertz CT molecular complexity index is 450. The Kier molecular flexibility index (Phi) is 5.82. The second kappa shape index (κ2) is 6.79. The van der Waals surface area contributed by atoms with Crippen LogP contribution in [0.15, 0.2) is 24.3 Å². The number of alkyl halides is 3. The Balaban J connectivity index is 2.78. The third-order valence-corrected chi connectivity index (χ3v) is 4.09. The summed E-state index contributed by atoms with van der Waals surface area (Å²) in [7, 11) is 0. The van der Waals surface area contributed by atoms with Crippen molar-refractivity contribution in [2.24, 2.45) is 17.2 Å². The van der Waals surface area contributed by atoms with Crippen LogP contribution in [0.25, 0.3) is 0 Å². The zero-order chi connectivity index (χ0) is 16.3. The fourth-order valence-corrected chi connectivity index (χ4v) is 2.15. The predicted octanol–water partition coefficient (Wildman–Crippen LogP) is 4.15. The predicted molar refractivity (Wildman–Crippen MR) is 79.5 cm³/mol. The van der Waals surface area contributed by atoms with E-state index in [4.69, 9.17) is 5.84 Å². The zero-order valence-corrected chi connectivity index (χ0v) is 13.1.